The van der Waals surface area contributed by atoms with Crippen LogP contribution in [0.25, 0.3) is 11.0 Å². The Labute approximate surface area is 152 Å². The highest BCUT2D eigenvalue weighted by Gasteiger charge is 2.43. The second-order valence-corrected chi connectivity index (χ2v) is 7.46. The number of amides is 2. The number of rotatable bonds is 1. The fourth-order valence-corrected chi connectivity index (χ4v) is 4.09. The normalized spacial score (nSPS) is 25.1. The third-order valence-electron chi connectivity index (χ3n) is 5.99. The van der Waals surface area contributed by atoms with Crippen LogP contribution in [-0.4, -0.2) is 87.7 Å². The summed E-state index contributed by atoms with van der Waals surface area (Å²) in [7, 11) is 3.97. The number of fused-ring (bicyclic) bond motifs is 1. The molecule has 2 aliphatic rings. The van der Waals surface area contributed by atoms with Crippen molar-refractivity contribution in [2.24, 2.45) is 0 Å². The summed E-state index contributed by atoms with van der Waals surface area (Å²) in [6, 6.07) is 5.41. The number of nitrogens with zero attached hydrogens (tertiary/aromatic N) is 5. The van der Waals surface area contributed by atoms with Gasteiger partial charge in [0.2, 0.25) is 5.91 Å². The maximum Gasteiger partial charge on any atom is 0.254 e. The van der Waals surface area contributed by atoms with E-state index in [1.165, 1.54) is 0 Å². The molecule has 1 aromatic heterocycles. The maximum atomic E-state index is 13.1. The van der Waals surface area contributed by atoms with Crippen LogP contribution in [0.1, 0.15) is 29.6 Å². The Balaban J connectivity index is 1.57. The first-order valence-electron chi connectivity index (χ1n) is 9.04. The van der Waals surface area contributed by atoms with Gasteiger partial charge >= 0.3 is 0 Å². The molecule has 0 saturated carbocycles. The van der Waals surface area contributed by atoms with Crippen molar-refractivity contribution in [3.05, 3.63) is 23.8 Å². The summed E-state index contributed by atoms with van der Waals surface area (Å²) < 4.78 is 0. The van der Waals surface area contributed by atoms with Gasteiger partial charge in [-0.15, -0.1) is 0 Å². The summed E-state index contributed by atoms with van der Waals surface area (Å²) in [5.74, 6) is 0.210. The lowest BCUT2D eigenvalue weighted by molar-refractivity contribution is -0.129. The first kappa shape index (κ1) is 17.0. The second kappa shape index (κ2) is 6.35. The van der Waals surface area contributed by atoms with Crippen molar-refractivity contribution in [1.82, 2.24) is 30.1 Å². The van der Waals surface area contributed by atoms with E-state index >= 15 is 0 Å². The number of aromatic amines is 1. The molecule has 2 aliphatic heterocycles. The quantitative estimate of drug-likeness (QED) is 0.814. The van der Waals surface area contributed by atoms with E-state index in [4.69, 9.17) is 0 Å². The highest BCUT2D eigenvalue weighted by Crippen LogP contribution is 2.32. The van der Waals surface area contributed by atoms with Crippen molar-refractivity contribution >= 4 is 22.8 Å². The summed E-state index contributed by atoms with van der Waals surface area (Å²) in [6.45, 7) is 2.89. The minimum atomic E-state index is -0.133. The van der Waals surface area contributed by atoms with E-state index in [2.05, 4.69) is 27.4 Å². The van der Waals surface area contributed by atoms with Crippen molar-refractivity contribution in [1.29, 1.82) is 0 Å². The molecule has 1 spiro atoms. The molecule has 2 saturated heterocycles. The number of aromatic nitrogens is 3. The predicted molar refractivity (Wildman–Crippen MR) is 96.6 cm³/mol. The molecular formula is C18H24N6O2. The topological polar surface area (TPSA) is 85.4 Å². The van der Waals surface area contributed by atoms with Gasteiger partial charge in [0, 0.05) is 50.7 Å². The molecule has 0 radical (unpaired) electrons. The largest absolute Gasteiger partial charge is 0.346 e. The van der Waals surface area contributed by atoms with Crippen LogP contribution >= 0.6 is 0 Å². The van der Waals surface area contributed by atoms with Gasteiger partial charge in [0.25, 0.3) is 5.91 Å². The molecule has 2 fully saturated rings. The van der Waals surface area contributed by atoms with Gasteiger partial charge in [-0.3, -0.25) is 14.5 Å². The van der Waals surface area contributed by atoms with Crippen molar-refractivity contribution in [3.63, 3.8) is 0 Å². The van der Waals surface area contributed by atoms with E-state index in [1.807, 2.05) is 29.0 Å². The number of likely N-dealkylation sites (tertiary alicyclic amines) is 1. The van der Waals surface area contributed by atoms with Crippen LogP contribution in [0.2, 0.25) is 0 Å². The third-order valence-corrected chi connectivity index (χ3v) is 5.99. The number of piperazine rings is 1. The van der Waals surface area contributed by atoms with E-state index in [1.54, 1.807) is 6.07 Å². The standard InChI is InChI=1S/C18H24N6O2/c1-22-8-7-18(6-5-16(22)25)12-24(10-9-23(18)2)17(26)13-3-4-14-15(11-13)20-21-19-14/h3-4,11H,5-10,12H2,1-2H3,(H,19,20,21)/t18-/m0/s1. The number of H-pyrrole nitrogens is 1. The van der Waals surface area contributed by atoms with E-state index < -0.39 is 0 Å². The van der Waals surface area contributed by atoms with Crippen LogP contribution in [0.3, 0.4) is 0 Å². The van der Waals surface area contributed by atoms with Crippen molar-refractivity contribution in [2.75, 3.05) is 40.3 Å². The van der Waals surface area contributed by atoms with Gasteiger partial charge in [0.15, 0.2) is 0 Å². The summed E-state index contributed by atoms with van der Waals surface area (Å²) in [6.07, 6.45) is 2.21. The molecule has 0 bridgehead atoms. The predicted octanol–water partition coefficient (Wildman–Crippen LogP) is 0.727. The van der Waals surface area contributed by atoms with Crippen LogP contribution < -0.4 is 0 Å². The second-order valence-electron chi connectivity index (χ2n) is 7.46. The van der Waals surface area contributed by atoms with Gasteiger partial charge < -0.3 is 9.80 Å². The van der Waals surface area contributed by atoms with Crippen LogP contribution in [0.5, 0.6) is 0 Å². The monoisotopic (exact) mass is 356 g/mol. The van der Waals surface area contributed by atoms with Gasteiger partial charge in [0.05, 0.1) is 0 Å². The minimum absolute atomic E-state index is 0.0197. The lowest BCUT2D eigenvalue weighted by atomic mass is 9.86. The lowest BCUT2D eigenvalue weighted by Crippen LogP contribution is -2.62. The van der Waals surface area contributed by atoms with Gasteiger partial charge in [-0.1, -0.05) is 0 Å². The van der Waals surface area contributed by atoms with Crippen LogP contribution in [-0.2, 0) is 4.79 Å². The van der Waals surface area contributed by atoms with Crippen molar-refractivity contribution in [3.8, 4) is 0 Å². The van der Waals surface area contributed by atoms with Crippen LogP contribution in [0.15, 0.2) is 18.2 Å². The Morgan fingerprint density at radius 1 is 1.12 bits per heavy atom. The van der Waals surface area contributed by atoms with E-state index in [0.717, 1.165) is 31.4 Å². The molecule has 3 heterocycles. The third kappa shape index (κ3) is 2.84. The summed E-state index contributed by atoms with van der Waals surface area (Å²) in [5.41, 5.74) is 1.95. The first-order chi connectivity index (χ1) is 12.5. The Morgan fingerprint density at radius 2 is 1.92 bits per heavy atom. The number of hydrogen-bond acceptors (Lipinski definition) is 5. The molecule has 4 rings (SSSR count). The Bertz CT molecular complexity index is 849. The summed E-state index contributed by atoms with van der Waals surface area (Å²) in [5, 5.41) is 10.7. The average molecular weight is 356 g/mol. The fraction of sp³-hybridized carbons (Fsp3) is 0.556. The molecule has 0 aliphatic carbocycles. The molecule has 138 valence electrons. The van der Waals surface area contributed by atoms with Gasteiger partial charge in [-0.05, 0) is 38.1 Å². The number of likely N-dealkylation sites (N-methyl/N-ethyl adjacent to an activating group) is 1. The van der Waals surface area contributed by atoms with Crippen LogP contribution in [0, 0.1) is 0 Å². The SMILES string of the molecule is CN1CC[C@@]2(CCC1=O)CN(C(=O)c1ccc3n[nH]nc3c1)CCN2C. The molecule has 8 heteroatoms. The average Bonchev–Trinajstić information content (AvgIpc) is 3.07. The van der Waals surface area contributed by atoms with Crippen molar-refractivity contribution < 1.29 is 9.59 Å². The first-order valence-corrected chi connectivity index (χ1v) is 9.04. The summed E-state index contributed by atoms with van der Waals surface area (Å²) in [4.78, 5) is 31.3. The maximum absolute atomic E-state index is 13.1. The highest BCUT2D eigenvalue weighted by molar-refractivity contribution is 5.97. The van der Waals surface area contributed by atoms with Crippen molar-refractivity contribution in [2.45, 2.75) is 24.8 Å². The van der Waals surface area contributed by atoms with E-state index in [9.17, 15) is 9.59 Å². The molecule has 8 nitrogen and oxygen atoms in total. The molecule has 2 amide bonds. The molecule has 1 aromatic carbocycles. The highest BCUT2D eigenvalue weighted by atomic mass is 16.2. The molecule has 1 atom stereocenters. The van der Waals surface area contributed by atoms with Gasteiger partial charge in [-0.25, -0.2) is 0 Å². The number of hydrogen-bond donors (Lipinski definition) is 1. The fourth-order valence-electron chi connectivity index (χ4n) is 4.09. The molecular weight excluding hydrogens is 332 g/mol. The zero-order chi connectivity index (χ0) is 18.3. The van der Waals surface area contributed by atoms with Gasteiger partial charge in [-0.2, -0.15) is 15.4 Å². The molecule has 0 unspecified atom stereocenters. The number of nitrogens with one attached hydrogen (secondary N) is 1. The number of carbonyl (C=O) groups is 2. The zero-order valence-corrected chi connectivity index (χ0v) is 15.2. The lowest BCUT2D eigenvalue weighted by Gasteiger charge is -2.49. The zero-order valence-electron chi connectivity index (χ0n) is 15.2. The number of carbonyl (C=O) groups excluding carboxylic acids is 2. The summed E-state index contributed by atoms with van der Waals surface area (Å²) >= 11 is 0. The molecule has 2 aromatic rings. The smallest absolute Gasteiger partial charge is 0.254 e. The minimum Gasteiger partial charge on any atom is -0.346 e. The Morgan fingerprint density at radius 3 is 2.77 bits per heavy atom. The van der Waals surface area contributed by atoms with Gasteiger partial charge in [0.1, 0.15) is 11.0 Å². The van der Waals surface area contributed by atoms with E-state index in [-0.39, 0.29) is 17.4 Å². The number of benzene rings is 1. The van der Waals surface area contributed by atoms with E-state index in [0.29, 0.717) is 30.6 Å². The Kier molecular flexibility index (Phi) is 4.14. The molecule has 1 N–H and O–H groups in total. The molecule has 26 heavy (non-hydrogen) atoms. The Hall–Kier alpha value is -2.48. The van der Waals surface area contributed by atoms with Crippen LogP contribution in [0.4, 0.5) is 0 Å².